The number of carbonyl (C=O) groups is 4. The molecular formula is C52H52N8O8S2. The van der Waals surface area contributed by atoms with Crippen LogP contribution in [0.15, 0.2) is 156 Å². The van der Waals surface area contributed by atoms with Crippen molar-refractivity contribution < 1.29 is 38.1 Å². The topological polar surface area (TPSA) is 186 Å². The molecule has 4 heterocycles. The number of nitrogens with one attached hydrogen (secondary N) is 2. The summed E-state index contributed by atoms with van der Waals surface area (Å²) in [5.41, 5.74) is 5.34. The van der Waals surface area contributed by atoms with E-state index in [1.807, 2.05) is 111 Å². The highest BCUT2D eigenvalue weighted by Crippen LogP contribution is 2.38. The molecule has 2 aromatic heterocycles. The van der Waals surface area contributed by atoms with E-state index in [-0.39, 0.29) is 32.8 Å². The van der Waals surface area contributed by atoms with Crippen molar-refractivity contribution in [2.45, 2.75) is 49.5 Å². The molecule has 6 aromatic rings. The number of aromatic nitrogens is 2. The molecule has 4 atom stereocenters. The minimum atomic E-state index is -0.808. The molecule has 4 amide bonds. The Kier molecular flexibility index (Phi) is 17.2. The molecule has 2 N–H and O–H groups in total. The molecule has 0 radical (unpaired) electrons. The van der Waals surface area contributed by atoms with Crippen LogP contribution < -0.4 is 29.6 Å². The number of amides is 4. The average molecular weight is 981 g/mol. The molecule has 0 fully saturated rings. The standard InChI is InChI=1S/2C26H26N4O4S/c1-4-22-23(18-12-13-20(33-2)21(15-18)34-3)29-30(26(32)35-22)24(17-9-6-5-7-10-17)28-25(31)19-11-8-14-27-16-19;1-4-22-23(19-10-11-20(33-2)21(16-19)34-3)29-30(26(32)35-22)24(17-8-6-5-7-9-17)28-25(31)18-12-14-27-15-13-18/h2*5-16,22,24H,4H2,1-3H3,(H,28,31). The van der Waals surface area contributed by atoms with E-state index in [0.29, 0.717) is 47.0 Å². The number of hydrazone groups is 2. The lowest BCUT2D eigenvalue weighted by molar-refractivity contribution is 0.0877. The van der Waals surface area contributed by atoms with Crippen molar-refractivity contribution in [2.24, 2.45) is 10.2 Å². The van der Waals surface area contributed by atoms with Gasteiger partial charge in [0.15, 0.2) is 35.3 Å². The van der Waals surface area contributed by atoms with Crippen LogP contribution in [0.3, 0.4) is 0 Å². The van der Waals surface area contributed by atoms with Gasteiger partial charge in [-0.25, -0.2) is 0 Å². The van der Waals surface area contributed by atoms with Gasteiger partial charge in [-0.2, -0.15) is 20.2 Å². The number of hydrogen-bond acceptors (Lipinski definition) is 14. The number of hydrogen-bond donors (Lipinski definition) is 2. The number of rotatable bonds is 16. The van der Waals surface area contributed by atoms with Crippen LogP contribution in [0.4, 0.5) is 9.59 Å². The Morgan fingerprint density at radius 2 is 0.986 bits per heavy atom. The molecule has 0 saturated carbocycles. The summed E-state index contributed by atoms with van der Waals surface area (Å²) in [6, 6.07) is 36.3. The lowest BCUT2D eigenvalue weighted by Crippen LogP contribution is -2.44. The Labute approximate surface area is 414 Å². The Morgan fingerprint density at radius 3 is 1.39 bits per heavy atom. The third kappa shape index (κ3) is 11.8. The fourth-order valence-electron chi connectivity index (χ4n) is 7.52. The van der Waals surface area contributed by atoms with Gasteiger partial charge in [0.05, 0.1) is 55.9 Å². The number of nitrogens with zero attached hydrogens (tertiary/aromatic N) is 6. The number of pyridine rings is 2. The van der Waals surface area contributed by atoms with Gasteiger partial charge in [0, 0.05) is 41.5 Å². The summed E-state index contributed by atoms with van der Waals surface area (Å²) in [6.07, 6.45) is 5.98. The van der Waals surface area contributed by atoms with Crippen molar-refractivity contribution in [1.82, 2.24) is 30.6 Å². The monoisotopic (exact) mass is 980 g/mol. The normalized spacial score (nSPS) is 16.3. The average Bonchev–Trinajstić information content (AvgIpc) is 3.42. The van der Waals surface area contributed by atoms with Gasteiger partial charge in [-0.1, -0.05) is 98.0 Å². The quantitative estimate of drug-likeness (QED) is 0.0937. The summed E-state index contributed by atoms with van der Waals surface area (Å²) in [6.45, 7) is 4.02. The smallest absolute Gasteiger partial charge is 0.304 e. The maximum absolute atomic E-state index is 13.3. The summed E-state index contributed by atoms with van der Waals surface area (Å²) >= 11 is 2.38. The Bertz CT molecular complexity index is 2630. The number of benzene rings is 4. The van der Waals surface area contributed by atoms with E-state index >= 15 is 0 Å². The molecule has 0 spiro atoms. The first kappa shape index (κ1) is 50.2. The van der Waals surface area contributed by atoms with Gasteiger partial charge in [-0.3, -0.25) is 29.1 Å². The van der Waals surface area contributed by atoms with Gasteiger partial charge < -0.3 is 29.6 Å². The second-order valence-electron chi connectivity index (χ2n) is 15.4. The molecule has 4 unspecified atom stereocenters. The molecule has 2 aliphatic rings. The molecule has 0 aliphatic carbocycles. The molecule has 70 heavy (non-hydrogen) atoms. The number of thioether (sulfide) groups is 2. The molecule has 0 bridgehead atoms. The van der Waals surface area contributed by atoms with E-state index in [2.05, 4.69) is 20.6 Å². The highest BCUT2D eigenvalue weighted by molar-refractivity contribution is 8.15. The molecule has 2 aliphatic heterocycles. The summed E-state index contributed by atoms with van der Waals surface area (Å²) in [4.78, 5) is 60.6. The number of methoxy groups -OCH3 is 4. The Hall–Kier alpha value is -7.70. The largest absolute Gasteiger partial charge is 0.493 e. The van der Waals surface area contributed by atoms with Crippen molar-refractivity contribution in [3.63, 3.8) is 0 Å². The van der Waals surface area contributed by atoms with Crippen LogP contribution in [0.2, 0.25) is 0 Å². The summed E-state index contributed by atoms with van der Waals surface area (Å²) in [5, 5.41) is 17.4. The molecule has 16 nitrogen and oxygen atoms in total. The molecule has 4 aromatic carbocycles. The fraction of sp³-hybridized carbons (Fsp3) is 0.231. The van der Waals surface area contributed by atoms with Crippen molar-refractivity contribution >= 4 is 57.2 Å². The van der Waals surface area contributed by atoms with Gasteiger partial charge >= 0.3 is 10.5 Å². The molecular weight excluding hydrogens is 929 g/mol. The number of carbonyl (C=O) groups excluding carboxylic acids is 4. The van der Waals surface area contributed by atoms with Crippen molar-refractivity contribution in [2.75, 3.05) is 28.4 Å². The van der Waals surface area contributed by atoms with Crippen LogP contribution in [-0.4, -0.2) is 92.6 Å². The zero-order valence-electron chi connectivity index (χ0n) is 39.3. The first-order valence-electron chi connectivity index (χ1n) is 22.2. The Morgan fingerprint density at radius 1 is 0.543 bits per heavy atom. The van der Waals surface area contributed by atoms with Crippen LogP contribution in [0, 0.1) is 0 Å². The minimum Gasteiger partial charge on any atom is -0.493 e. The second kappa shape index (κ2) is 24.0. The van der Waals surface area contributed by atoms with Crippen molar-refractivity contribution in [1.29, 1.82) is 0 Å². The third-order valence-corrected chi connectivity index (χ3v) is 13.6. The van der Waals surface area contributed by atoms with Gasteiger partial charge in [0.25, 0.3) is 11.8 Å². The SMILES string of the molecule is CCC1SC(=O)N(C(NC(=O)c2cccnc2)c2ccccc2)N=C1c1ccc(OC)c(OC)c1.CCC1SC(=O)N(C(NC(=O)c2ccncc2)c2ccccc2)N=C1c1ccc(OC)c(OC)c1. The third-order valence-electron chi connectivity index (χ3n) is 11.1. The van der Waals surface area contributed by atoms with Crippen LogP contribution in [-0.2, 0) is 0 Å². The summed E-state index contributed by atoms with van der Waals surface area (Å²) in [7, 11) is 6.31. The lowest BCUT2D eigenvalue weighted by Gasteiger charge is -2.34. The van der Waals surface area contributed by atoms with Crippen LogP contribution >= 0.6 is 23.5 Å². The van der Waals surface area contributed by atoms with E-state index in [4.69, 9.17) is 29.2 Å². The lowest BCUT2D eigenvalue weighted by atomic mass is 10.0. The first-order chi connectivity index (χ1) is 34.1. The molecule has 8 rings (SSSR count). The maximum Gasteiger partial charge on any atom is 0.304 e. The minimum absolute atomic E-state index is 0.149. The second-order valence-corrected chi connectivity index (χ2v) is 17.7. The van der Waals surface area contributed by atoms with Crippen molar-refractivity contribution in [3.05, 3.63) is 179 Å². The van der Waals surface area contributed by atoms with Gasteiger partial charge in [-0.05, 0) is 84.6 Å². The van der Waals surface area contributed by atoms with Gasteiger partial charge in [-0.15, -0.1) is 0 Å². The predicted molar refractivity (Wildman–Crippen MR) is 272 cm³/mol. The highest BCUT2D eigenvalue weighted by Gasteiger charge is 2.38. The van der Waals surface area contributed by atoms with Gasteiger partial charge in [0.1, 0.15) is 0 Å². The predicted octanol–water partition coefficient (Wildman–Crippen LogP) is 9.76. The highest BCUT2D eigenvalue weighted by atomic mass is 32.2. The van der Waals surface area contributed by atoms with Crippen LogP contribution in [0.25, 0.3) is 0 Å². The zero-order valence-corrected chi connectivity index (χ0v) is 41.0. The van der Waals surface area contributed by atoms with E-state index in [1.165, 1.54) is 39.7 Å². The van der Waals surface area contributed by atoms with Crippen LogP contribution in [0.5, 0.6) is 23.0 Å². The van der Waals surface area contributed by atoms with E-state index in [9.17, 15) is 19.2 Å². The zero-order chi connectivity index (χ0) is 49.6. The van der Waals surface area contributed by atoms with E-state index < -0.39 is 12.3 Å². The Balaban J connectivity index is 0.000000206. The number of ether oxygens (including phenoxy) is 4. The van der Waals surface area contributed by atoms with E-state index in [0.717, 1.165) is 33.7 Å². The molecule has 18 heteroatoms. The fourth-order valence-corrected chi connectivity index (χ4v) is 9.44. The maximum atomic E-state index is 13.3. The van der Waals surface area contributed by atoms with Crippen LogP contribution in [0.1, 0.15) is 82.0 Å². The van der Waals surface area contributed by atoms with Gasteiger partial charge in [0.2, 0.25) is 0 Å². The summed E-state index contributed by atoms with van der Waals surface area (Å²) in [5.74, 6) is 1.66. The van der Waals surface area contributed by atoms with E-state index in [1.54, 1.807) is 71.3 Å². The first-order valence-corrected chi connectivity index (χ1v) is 24.0. The summed E-state index contributed by atoms with van der Waals surface area (Å²) < 4.78 is 21.7. The molecule has 0 saturated heterocycles. The molecule has 360 valence electrons. The van der Waals surface area contributed by atoms with Crippen molar-refractivity contribution in [3.8, 4) is 23.0 Å².